The molecule has 1 aliphatic heterocycles. The van der Waals surface area contributed by atoms with Gasteiger partial charge in [-0.3, -0.25) is 15.1 Å². The van der Waals surface area contributed by atoms with Crippen LogP contribution in [0.3, 0.4) is 0 Å². The van der Waals surface area contributed by atoms with Crippen LogP contribution < -0.4 is 15.1 Å². The van der Waals surface area contributed by atoms with Crippen molar-refractivity contribution in [2.24, 2.45) is 5.10 Å². The number of carboxylic acid groups (broad SMARTS) is 1. The number of ether oxygens (including phenoxy) is 1. The lowest BCUT2D eigenvalue weighted by Gasteiger charge is -2.18. The zero-order valence-corrected chi connectivity index (χ0v) is 20.8. The molecule has 4 aromatic carbocycles. The third-order valence-electron chi connectivity index (χ3n) is 6.30. The summed E-state index contributed by atoms with van der Waals surface area (Å²) in [5.41, 5.74) is 7.66. The summed E-state index contributed by atoms with van der Waals surface area (Å²) in [5, 5.41) is 24.3. The van der Waals surface area contributed by atoms with Gasteiger partial charge in [-0.1, -0.05) is 68.4 Å². The number of nitrogens with zero attached hydrogens (tertiary/aromatic N) is 2. The van der Waals surface area contributed by atoms with Crippen LogP contribution in [-0.2, 0) is 4.79 Å². The fourth-order valence-corrected chi connectivity index (χ4v) is 4.38. The lowest BCUT2D eigenvalue weighted by molar-refractivity contribution is -0.111. The van der Waals surface area contributed by atoms with E-state index in [0.717, 1.165) is 11.4 Å². The molecule has 8 nitrogen and oxygen atoms in total. The number of hydrogen-bond donors (Lipinski definition) is 3. The summed E-state index contributed by atoms with van der Waals surface area (Å²) < 4.78 is 4.73. The Bertz CT molecular complexity index is 1560. The van der Waals surface area contributed by atoms with E-state index in [9.17, 15) is 14.7 Å². The van der Waals surface area contributed by atoms with Gasteiger partial charge in [0, 0.05) is 16.8 Å². The molecule has 1 heterocycles. The van der Waals surface area contributed by atoms with Crippen molar-refractivity contribution in [3.8, 4) is 22.6 Å². The first kappa shape index (κ1) is 24.6. The Labute approximate surface area is 219 Å². The predicted octanol–water partition coefficient (Wildman–Crippen LogP) is 6.73. The van der Waals surface area contributed by atoms with E-state index in [4.69, 9.17) is 9.84 Å². The molecule has 0 aromatic heterocycles. The van der Waals surface area contributed by atoms with Gasteiger partial charge in [-0.05, 0) is 53.4 Å². The van der Waals surface area contributed by atoms with Gasteiger partial charge in [0.1, 0.15) is 11.5 Å². The van der Waals surface area contributed by atoms with Gasteiger partial charge < -0.3 is 14.9 Å². The Hall–Kier alpha value is -5.11. The van der Waals surface area contributed by atoms with Gasteiger partial charge >= 0.3 is 6.16 Å². The molecular formula is C30H25N3O5. The molecule has 0 radical (unpaired) electrons. The Balaban J connectivity index is 1.46. The number of benzene rings is 4. The first-order valence-corrected chi connectivity index (χ1v) is 12.0. The zero-order chi connectivity index (χ0) is 26.8. The van der Waals surface area contributed by atoms with Crippen LogP contribution in [0.2, 0.25) is 0 Å². The second kappa shape index (κ2) is 10.1. The van der Waals surface area contributed by atoms with Gasteiger partial charge in [-0.2, -0.15) is 5.10 Å². The normalized spacial score (nSPS) is 13.6. The van der Waals surface area contributed by atoms with Gasteiger partial charge in [0.2, 0.25) is 0 Å². The number of aromatic hydroxyl groups is 1. The number of hydrogen-bond acceptors (Lipinski definition) is 6. The van der Waals surface area contributed by atoms with Gasteiger partial charge in [-0.15, -0.1) is 0 Å². The average molecular weight is 508 g/mol. The molecule has 0 unspecified atom stereocenters. The highest BCUT2D eigenvalue weighted by molar-refractivity contribution is 6.55. The van der Waals surface area contributed by atoms with Crippen LogP contribution in [0.1, 0.15) is 30.9 Å². The summed E-state index contributed by atoms with van der Waals surface area (Å²) in [6.07, 6.45) is -1.43. The summed E-state index contributed by atoms with van der Waals surface area (Å²) >= 11 is 0. The lowest BCUT2D eigenvalue weighted by atomic mass is 10.0. The quantitative estimate of drug-likeness (QED) is 0.115. The number of amides is 1. The van der Waals surface area contributed by atoms with Crippen LogP contribution in [0.25, 0.3) is 11.1 Å². The molecule has 3 N–H and O–H groups in total. The maximum absolute atomic E-state index is 13.5. The molecule has 1 amide bonds. The molecule has 38 heavy (non-hydrogen) atoms. The molecule has 0 fully saturated rings. The van der Waals surface area contributed by atoms with Crippen LogP contribution >= 0.6 is 0 Å². The highest BCUT2D eigenvalue weighted by Gasteiger charge is 2.35. The average Bonchev–Trinajstić information content (AvgIpc) is 3.19. The number of nitrogens with one attached hydrogen (secondary N) is 1. The number of phenols is 1. The van der Waals surface area contributed by atoms with Crippen molar-refractivity contribution in [1.82, 2.24) is 0 Å². The summed E-state index contributed by atoms with van der Waals surface area (Å²) in [4.78, 5) is 26.1. The predicted molar refractivity (Wildman–Crippen MR) is 146 cm³/mol. The minimum Gasteiger partial charge on any atom is -0.505 e. The highest BCUT2D eigenvalue weighted by Crippen LogP contribution is 2.38. The third-order valence-corrected chi connectivity index (χ3v) is 6.30. The standard InChI is InChI=1S/C30H25N3O5/c1-18(2)19-13-15-21(16-14-19)33-26-12-4-3-9-24(26)27(29(33)35)32-31-25-11-6-10-23(28(25)34)20-7-5-8-22(17-20)38-30(36)37/h3-18,31,34H,1-2H3,(H,36,37). The Kier molecular flexibility index (Phi) is 6.53. The van der Waals surface area contributed by atoms with Crippen LogP contribution in [0.4, 0.5) is 21.9 Å². The minimum absolute atomic E-state index is 0.107. The number of phenolic OH excluding ortho intramolecular Hbond substituents is 1. The molecule has 5 rings (SSSR count). The molecule has 0 saturated heterocycles. The SMILES string of the molecule is CC(C)c1ccc(N2C(=O)C(=NNc3cccc(-c4cccc(OC(=O)O)c4)c3O)c3ccccc32)cc1. The number of hydrazone groups is 1. The number of carbonyl (C=O) groups is 2. The molecular weight excluding hydrogens is 482 g/mol. The van der Waals surface area contributed by atoms with Gasteiger partial charge in [0.15, 0.2) is 5.71 Å². The van der Waals surface area contributed by atoms with Crippen molar-refractivity contribution >= 4 is 34.8 Å². The van der Waals surface area contributed by atoms with Crippen molar-refractivity contribution in [2.45, 2.75) is 19.8 Å². The summed E-state index contributed by atoms with van der Waals surface area (Å²) in [7, 11) is 0. The topological polar surface area (TPSA) is 111 Å². The number of para-hydroxylation sites is 2. The van der Waals surface area contributed by atoms with E-state index in [1.54, 1.807) is 35.2 Å². The van der Waals surface area contributed by atoms with E-state index in [-0.39, 0.29) is 28.8 Å². The summed E-state index contributed by atoms with van der Waals surface area (Å²) in [6, 6.07) is 26.7. The number of fused-ring (bicyclic) bond motifs is 1. The maximum Gasteiger partial charge on any atom is 0.511 e. The van der Waals surface area contributed by atoms with Gasteiger partial charge in [-0.25, -0.2) is 4.79 Å². The van der Waals surface area contributed by atoms with Crippen molar-refractivity contribution in [3.05, 3.63) is 102 Å². The monoisotopic (exact) mass is 507 g/mol. The molecule has 4 aromatic rings. The molecule has 190 valence electrons. The largest absolute Gasteiger partial charge is 0.511 e. The summed E-state index contributed by atoms with van der Waals surface area (Å²) in [5.74, 6) is 0.111. The van der Waals surface area contributed by atoms with Crippen LogP contribution in [-0.4, -0.2) is 28.0 Å². The van der Waals surface area contributed by atoms with E-state index >= 15 is 0 Å². The highest BCUT2D eigenvalue weighted by atomic mass is 16.7. The van der Waals surface area contributed by atoms with E-state index in [2.05, 4.69) is 24.4 Å². The smallest absolute Gasteiger partial charge is 0.505 e. The second-order valence-electron chi connectivity index (χ2n) is 9.07. The van der Waals surface area contributed by atoms with Crippen LogP contribution in [0.5, 0.6) is 11.5 Å². The third kappa shape index (κ3) is 4.67. The van der Waals surface area contributed by atoms with Crippen molar-refractivity contribution in [1.29, 1.82) is 0 Å². The van der Waals surface area contributed by atoms with Gasteiger partial charge in [0.05, 0.1) is 11.4 Å². The number of rotatable bonds is 6. The number of anilines is 3. The fourth-order valence-electron chi connectivity index (χ4n) is 4.38. The van der Waals surface area contributed by atoms with E-state index in [0.29, 0.717) is 22.6 Å². The van der Waals surface area contributed by atoms with Crippen LogP contribution in [0.15, 0.2) is 96.1 Å². The van der Waals surface area contributed by atoms with E-state index < -0.39 is 6.16 Å². The molecule has 0 aliphatic carbocycles. The molecule has 1 aliphatic rings. The molecule has 0 saturated carbocycles. The molecule has 0 spiro atoms. The van der Waals surface area contributed by atoms with Crippen molar-refractivity contribution < 1.29 is 24.5 Å². The zero-order valence-electron chi connectivity index (χ0n) is 20.8. The van der Waals surface area contributed by atoms with Gasteiger partial charge in [0.25, 0.3) is 5.91 Å². The fraction of sp³-hybridized carbons (Fsp3) is 0.100. The Morgan fingerprint density at radius 2 is 1.63 bits per heavy atom. The molecule has 8 heteroatoms. The Morgan fingerprint density at radius 1 is 0.921 bits per heavy atom. The Morgan fingerprint density at radius 3 is 2.37 bits per heavy atom. The van der Waals surface area contributed by atoms with E-state index in [1.807, 2.05) is 48.5 Å². The molecule has 0 atom stereocenters. The number of carbonyl (C=O) groups excluding carboxylic acids is 1. The van der Waals surface area contributed by atoms with E-state index in [1.165, 1.54) is 17.7 Å². The summed E-state index contributed by atoms with van der Waals surface area (Å²) in [6.45, 7) is 4.24. The maximum atomic E-state index is 13.5. The van der Waals surface area contributed by atoms with Crippen molar-refractivity contribution in [3.63, 3.8) is 0 Å². The molecule has 0 bridgehead atoms. The first-order valence-electron chi connectivity index (χ1n) is 12.0. The van der Waals surface area contributed by atoms with Crippen molar-refractivity contribution in [2.75, 3.05) is 10.3 Å². The van der Waals surface area contributed by atoms with Crippen LogP contribution in [0, 0.1) is 0 Å². The second-order valence-corrected chi connectivity index (χ2v) is 9.07. The minimum atomic E-state index is -1.43. The lowest BCUT2D eigenvalue weighted by Crippen LogP contribution is -2.26. The first-order chi connectivity index (χ1) is 18.3.